The highest BCUT2D eigenvalue weighted by Gasteiger charge is 2.32. The van der Waals surface area contributed by atoms with Crippen molar-refractivity contribution in [2.24, 2.45) is 17.8 Å². The first-order valence-corrected chi connectivity index (χ1v) is 9.42. The van der Waals surface area contributed by atoms with Crippen LogP contribution in [0.5, 0.6) is 0 Å². The van der Waals surface area contributed by atoms with E-state index in [2.05, 4.69) is 6.92 Å². The standard InChI is InChI=1S/C19H36/c1-2-3-4-5-6-7-16-19(17-12-8-9-13-17)18-14-10-11-15-18/h17-19H,2-16H2,1H3. The molecule has 2 aliphatic carbocycles. The maximum atomic E-state index is 2.32. The molecule has 2 rings (SSSR count). The van der Waals surface area contributed by atoms with Gasteiger partial charge in [0, 0.05) is 0 Å². The molecule has 112 valence electrons. The van der Waals surface area contributed by atoms with E-state index in [1.165, 1.54) is 64.2 Å². The first kappa shape index (κ1) is 15.4. The topological polar surface area (TPSA) is 0 Å². The van der Waals surface area contributed by atoms with Crippen LogP contribution in [0.4, 0.5) is 0 Å². The van der Waals surface area contributed by atoms with Crippen molar-refractivity contribution in [2.75, 3.05) is 0 Å². The number of hydrogen-bond acceptors (Lipinski definition) is 0. The van der Waals surface area contributed by atoms with Crippen LogP contribution in [-0.4, -0.2) is 0 Å². The Morgan fingerprint density at radius 3 is 1.68 bits per heavy atom. The molecule has 19 heavy (non-hydrogen) atoms. The summed E-state index contributed by atoms with van der Waals surface area (Å²) in [5, 5.41) is 0. The Balaban J connectivity index is 1.67. The molecule has 0 radical (unpaired) electrons. The molecule has 0 N–H and O–H groups in total. The van der Waals surface area contributed by atoms with Gasteiger partial charge in [-0.3, -0.25) is 0 Å². The summed E-state index contributed by atoms with van der Waals surface area (Å²) in [5.41, 5.74) is 0. The van der Waals surface area contributed by atoms with Crippen molar-refractivity contribution in [3.8, 4) is 0 Å². The Hall–Kier alpha value is 0. The Kier molecular flexibility index (Phi) is 7.32. The fraction of sp³-hybridized carbons (Fsp3) is 1.00. The van der Waals surface area contributed by atoms with Gasteiger partial charge in [0.2, 0.25) is 0 Å². The van der Waals surface area contributed by atoms with Gasteiger partial charge < -0.3 is 0 Å². The summed E-state index contributed by atoms with van der Waals surface area (Å²) < 4.78 is 0. The van der Waals surface area contributed by atoms with E-state index in [4.69, 9.17) is 0 Å². The van der Waals surface area contributed by atoms with Crippen LogP contribution >= 0.6 is 0 Å². The van der Waals surface area contributed by atoms with Crippen molar-refractivity contribution in [2.45, 2.75) is 103 Å². The molecule has 0 aromatic heterocycles. The number of unbranched alkanes of at least 4 members (excludes halogenated alkanes) is 5. The third kappa shape index (κ3) is 5.12. The average Bonchev–Trinajstić information content (AvgIpc) is 3.11. The van der Waals surface area contributed by atoms with Crippen LogP contribution in [0.3, 0.4) is 0 Å². The molecule has 2 fully saturated rings. The Morgan fingerprint density at radius 1 is 0.684 bits per heavy atom. The third-order valence-corrected chi connectivity index (χ3v) is 5.90. The SMILES string of the molecule is CCCCCCCCC(C1CCCC1)C1CCCC1. The summed E-state index contributed by atoms with van der Waals surface area (Å²) in [5.74, 6) is 3.37. The maximum Gasteiger partial charge on any atom is -0.0357 e. The van der Waals surface area contributed by atoms with Crippen LogP contribution in [0.2, 0.25) is 0 Å². The molecular formula is C19H36. The Labute approximate surface area is 121 Å². The van der Waals surface area contributed by atoms with E-state index in [1.807, 2.05) is 0 Å². The molecule has 2 aliphatic rings. The third-order valence-electron chi connectivity index (χ3n) is 5.90. The van der Waals surface area contributed by atoms with Crippen molar-refractivity contribution >= 4 is 0 Å². The lowest BCUT2D eigenvalue weighted by atomic mass is 9.76. The summed E-state index contributed by atoms with van der Waals surface area (Å²) in [6, 6.07) is 0. The molecule has 2 saturated carbocycles. The second-order valence-electron chi connectivity index (χ2n) is 7.31. The molecule has 0 amide bonds. The van der Waals surface area contributed by atoms with Crippen molar-refractivity contribution in [3.05, 3.63) is 0 Å². The van der Waals surface area contributed by atoms with Gasteiger partial charge in [0.05, 0.1) is 0 Å². The van der Waals surface area contributed by atoms with Gasteiger partial charge in [-0.1, -0.05) is 96.8 Å². The van der Waals surface area contributed by atoms with Gasteiger partial charge in [-0.25, -0.2) is 0 Å². The van der Waals surface area contributed by atoms with Crippen molar-refractivity contribution in [1.29, 1.82) is 0 Å². The molecule has 0 atom stereocenters. The van der Waals surface area contributed by atoms with Gasteiger partial charge in [-0.2, -0.15) is 0 Å². The van der Waals surface area contributed by atoms with Crippen molar-refractivity contribution in [3.63, 3.8) is 0 Å². The first-order chi connectivity index (χ1) is 9.42. The Morgan fingerprint density at radius 2 is 1.16 bits per heavy atom. The van der Waals surface area contributed by atoms with Gasteiger partial charge in [0.25, 0.3) is 0 Å². The van der Waals surface area contributed by atoms with Crippen molar-refractivity contribution in [1.82, 2.24) is 0 Å². The molecule has 0 spiro atoms. The van der Waals surface area contributed by atoms with Gasteiger partial charge >= 0.3 is 0 Å². The average molecular weight is 264 g/mol. The van der Waals surface area contributed by atoms with E-state index in [0.29, 0.717) is 0 Å². The van der Waals surface area contributed by atoms with E-state index < -0.39 is 0 Å². The number of hydrogen-bond donors (Lipinski definition) is 0. The predicted molar refractivity (Wildman–Crippen MR) is 85.4 cm³/mol. The fourth-order valence-corrected chi connectivity index (χ4v) is 4.79. The second-order valence-corrected chi connectivity index (χ2v) is 7.31. The maximum absolute atomic E-state index is 2.32. The van der Waals surface area contributed by atoms with Gasteiger partial charge in [0.15, 0.2) is 0 Å². The van der Waals surface area contributed by atoms with Crippen LogP contribution in [0, 0.1) is 17.8 Å². The molecule has 0 unspecified atom stereocenters. The molecule has 0 aliphatic heterocycles. The second kappa shape index (κ2) is 9.03. The molecule has 0 nitrogen and oxygen atoms in total. The minimum absolute atomic E-state index is 1.12. The van der Waals surface area contributed by atoms with Crippen LogP contribution in [0.1, 0.15) is 103 Å². The zero-order valence-electron chi connectivity index (χ0n) is 13.3. The lowest BCUT2D eigenvalue weighted by molar-refractivity contribution is 0.210. The lowest BCUT2D eigenvalue weighted by Crippen LogP contribution is -2.20. The lowest BCUT2D eigenvalue weighted by Gasteiger charge is -2.29. The molecule has 0 heteroatoms. The first-order valence-electron chi connectivity index (χ1n) is 9.42. The smallest absolute Gasteiger partial charge is 0.0357 e. The van der Waals surface area contributed by atoms with E-state index >= 15 is 0 Å². The molecule has 0 aromatic rings. The highest BCUT2D eigenvalue weighted by atomic mass is 14.4. The van der Waals surface area contributed by atoms with Gasteiger partial charge in [-0.15, -0.1) is 0 Å². The monoisotopic (exact) mass is 264 g/mol. The van der Waals surface area contributed by atoms with Gasteiger partial charge in [-0.05, 0) is 24.2 Å². The van der Waals surface area contributed by atoms with E-state index in [9.17, 15) is 0 Å². The summed E-state index contributed by atoms with van der Waals surface area (Å²) in [4.78, 5) is 0. The van der Waals surface area contributed by atoms with Gasteiger partial charge in [0.1, 0.15) is 0 Å². The van der Waals surface area contributed by atoms with Crippen LogP contribution in [0.25, 0.3) is 0 Å². The van der Waals surface area contributed by atoms with Crippen LogP contribution in [-0.2, 0) is 0 Å². The quantitative estimate of drug-likeness (QED) is 0.405. The summed E-state index contributed by atoms with van der Waals surface area (Å²) >= 11 is 0. The molecule has 0 saturated heterocycles. The summed E-state index contributed by atoms with van der Waals surface area (Å²) in [6.45, 7) is 2.32. The zero-order chi connectivity index (χ0) is 13.3. The summed E-state index contributed by atoms with van der Waals surface area (Å²) in [6.07, 6.45) is 22.8. The largest absolute Gasteiger partial charge is 0.0654 e. The Bertz CT molecular complexity index is 192. The highest BCUT2D eigenvalue weighted by Crippen LogP contribution is 2.43. The van der Waals surface area contributed by atoms with E-state index in [0.717, 1.165) is 17.8 Å². The van der Waals surface area contributed by atoms with Crippen LogP contribution < -0.4 is 0 Å². The predicted octanol–water partition coefficient (Wildman–Crippen LogP) is 6.73. The van der Waals surface area contributed by atoms with Crippen LogP contribution in [0.15, 0.2) is 0 Å². The van der Waals surface area contributed by atoms with E-state index in [1.54, 1.807) is 32.1 Å². The molecule has 0 bridgehead atoms. The van der Waals surface area contributed by atoms with E-state index in [-0.39, 0.29) is 0 Å². The highest BCUT2D eigenvalue weighted by molar-refractivity contribution is 4.83. The number of rotatable bonds is 9. The molecule has 0 aromatic carbocycles. The summed E-state index contributed by atoms with van der Waals surface area (Å²) in [7, 11) is 0. The minimum atomic E-state index is 1.12. The zero-order valence-corrected chi connectivity index (χ0v) is 13.3. The fourth-order valence-electron chi connectivity index (χ4n) is 4.79. The normalized spacial score (nSPS) is 21.8. The minimum Gasteiger partial charge on any atom is -0.0654 e. The van der Waals surface area contributed by atoms with Crippen molar-refractivity contribution < 1.29 is 0 Å². The molecule has 0 heterocycles. The molecular weight excluding hydrogens is 228 g/mol.